The van der Waals surface area contributed by atoms with Gasteiger partial charge in [0.1, 0.15) is 12.1 Å². The third kappa shape index (κ3) is 4.39. The van der Waals surface area contributed by atoms with Crippen molar-refractivity contribution in [2.24, 2.45) is 0 Å². The molecule has 5 rings (SSSR count). The van der Waals surface area contributed by atoms with Crippen molar-refractivity contribution in [1.29, 1.82) is 0 Å². The molecule has 2 heterocycles. The molecule has 2 aromatic heterocycles. The largest absolute Gasteiger partial charge is 0.439 e. The Morgan fingerprint density at radius 1 is 0.812 bits per heavy atom. The zero-order valence-corrected chi connectivity index (χ0v) is 16.8. The number of nitrogens with one attached hydrogen (secondary N) is 2. The van der Waals surface area contributed by atoms with Gasteiger partial charge in [-0.05, 0) is 53.2 Å². The number of amides is 2. The molecular formula is C24H18N6O2. The molecule has 0 aliphatic carbocycles. The van der Waals surface area contributed by atoms with Crippen LogP contribution < -0.4 is 15.4 Å². The molecule has 3 aromatic carbocycles. The fraction of sp³-hybridized carbons (Fsp3) is 0. The van der Waals surface area contributed by atoms with Crippen molar-refractivity contribution in [2.45, 2.75) is 0 Å². The van der Waals surface area contributed by atoms with Crippen molar-refractivity contribution in [1.82, 2.24) is 19.7 Å². The Balaban J connectivity index is 1.22. The maximum atomic E-state index is 12.4. The van der Waals surface area contributed by atoms with Crippen molar-refractivity contribution < 1.29 is 9.53 Å². The second-order valence-electron chi connectivity index (χ2n) is 6.93. The molecule has 0 saturated carbocycles. The predicted molar refractivity (Wildman–Crippen MR) is 122 cm³/mol. The maximum Gasteiger partial charge on any atom is 0.323 e. The van der Waals surface area contributed by atoms with Gasteiger partial charge in [0.05, 0.1) is 0 Å². The monoisotopic (exact) mass is 422 g/mol. The van der Waals surface area contributed by atoms with Crippen LogP contribution in [0.15, 0.2) is 97.6 Å². The van der Waals surface area contributed by atoms with Gasteiger partial charge in [0.25, 0.3) is 0 Å². The molecule has 0 atom stereocenters. The van der Waals surface area contributed by atoms with Crippen LogP contribution in [0.5, 0.6) is 11.6 Å². The summed E-state index contributed by atoms with van der Waals surface area (Å²) >= 11 is 0. The number of nitrogens with zero attached hydrogens (tertiary/aromatic N) is 4. The van der Waals surface area contributed by atoms with Crippen LogP contribution in [0.3, 0.4) is 0 Å². The van der Waals surface area contributed by atoms with E-state index in [4.69, 9.17) is 4.74 Å². The van der Waals surface area contributed by atoms with Gasteiger partial charge in [-0.2, -0.15) is 5.10 Å². The molecule has 0 fully saturated rings. The normalized spacial score (nSPS) is 10.6. The van der Waals surface area contributed by atoms with Crippen molar-refractivity contribution in [2.75, 3.05) is 10.6 Å². The minimum Gasteiger partial charge on any atom is -0.439 e. The summed E-state index contributed by atoms with van der Waals surface area (Å²) in [4.78, 5) is 20.7. The van der Waals surface area contributed by atoms with Gasteiger partial charge in [-0.25, -0.2) is 19.4 Å². The summed E-state index contributed by atoms with van der Waals surface area (Å²) in [6.07, 6.45) is 4.87. The molecule has 2 amide bonds. The quantitative estimate of drug-likeness (QED) is 0.403. The van der Waals surface area contributed by atoms with E-state index in [2.05, 4.69) is 25.7 Å². The van der Waals surface area contributed by atoms with Crippen molar-refractivity contribution >= 4 is 28.2 Å². The molecule has 0 aliphatic heterocycles. The molecule has 32 heavy (non-hydrogen) atoms. The fourth-order valence-electron chi connectivity index (χ4n) is 3.20. The highest BCUT2D eigenvalue weighted by atomic mass is 16.5. The number of benzene rings is 3. The average molecular weight is 422 g/mol. The molecule has 0 spiro atoms. The van der Waals surface area contributed by atoms with Crippen LogP contribution >= 0.6 is 0 Å². The summed E-state index contributed by atoms with van der Waals surface area (Å²) in [6, 6.07) is 24.0. The minimum atomic E-state index is -0.325. The van der Waals surface area contributed by atoms with E-state index in [9.17, 15) is 4.79 Å². The summed E-state index contributed by atoms with van der Waals surface area (Å²) < 4.78 is 7.41. The molecule has 2 N–H and O–H groups in total. The second kappa shape index (κ2) is 8.57. The lowest BCUT2D eigenvalue weighted by Crippen LogP contribution is -2.19. The lowest BCUT2D eigenvalue weighted by Gasteiger charge is -2.10. The number of aromatic nitrogens is 4. The van der Waals surface area contributed by atoms with Crippen molar-refractivity contribution in [3.05, 3.63) is 97.6 Å². The zero-order chi connectivity index (χ0) is 21.8. The zero-order valence-electron chi connectivity index (χ0n) is 16.8. The lowest BCUT2D eigenvalue weighted by atomic mass is 10.1. The number of ether oxygens (including phenoxy) is 1. The van der Waals surface area contributed by atoms with Crippen LogP contribution in [0.1, 0.15) is 0 Å². The standard InChI is InChI=1S/C24H18N6O2/c31-24(29-20-7-6-17-4-1-2-5-18(17)14-20)28-19-8-10-21(11-9-19)32-23-15-22(25-16-26-23)30-13-3-12-27-30/h1-16H,(H2,28,29,31). The Hall–Kier alpha value is -4.72. The van der Waals surface area contributed by atoms with Gasteiger partial charge in [0.2, 0.25) is 5.88 Å². The van der Waals surface area contributed by atoms with E-state index in [1.165, 1.54) is 6.33 Å². The van der Waals surface area contributed by atoms with Gasteiger partial charge in [-0.3, -0.25) is 0 Å². The predicted octanol–water partition coefficient (Wildman–Crippen LogP) is 5.25. The van der Waals surface area contributed by atoms with Gasteiger partial charge in [-0.1, -0.05) is 30.3 Å². The van der Waals surface area contributed by atoms with Crippen LogP contribution in [-0.4, -0.2) is 25.8 Å². The Labute approximate surface area is 183 Å². The van der Waals surface area contributed by atoms with E-state index < -0.39 is 0 Å². The molecule has 0 radical (unpaired) electrons. The van der Waals surface area contributed by atoms with Crippen LogP contribution in [0.25, 0.3) is 16.6 Å². The van der Waals surface area contributed by atoms with Gasteiger partial charge in [0.15, 0.2) is 5.82 Å². The number of carbonyl (C=O) groups is 1. The third-order valence-corrected chi connectivity index (χ3v) is 4.71. The summed E-state index contributed by atoms with van der Waals surface area (Å²) in [5.41, 5.74) is 1.36. The first kappa shape index (κ1) is 19.3. The fourth-order valence-corrected chi connectivity index (χ4v) is 3.20. The summed E-state index contributed by atoms with van der Waals surface area (Å²) in [5, 5.41) is 12.0. The number of rotatable bonds is 5. The first-order valence-corrected chi connectivity index (χ1v) is 9.90. The summed E-state index contributed by atoms with van der Waals surface area (Å²) in [7, 11) is 0. The van der Waals surface area contributed by atoms with Crippen LogP contribution in [0.2, 0.25) is 0 Å². The van der Waals surface area contributed by atoms with Crippen LogP contribution in [-0.2, 0) is 0 Å². The Bertz CT molecular complexity index is 1370. The van der Waals surface area contributed by atoms with Gasteiger partial charge < -0.3 is 15.4 Å². The second-order valence-corrected chi connectivity index (χ2v) is 6.93. The smallest absolute Gasteiger partial charge is 0.323 e. The molecule has 5 aromatic rings. The SMILES string of the molecule is O=C(Nc1ccc(Oc2cc(-n3cccn3)ncn2)cc1)Nc1ccc2ccccc2c1. The number of anilines is 2. The van der Waals surface area contributed by atoms with E-state index in [1.807, 2.05) is 48.5 Å². The van der Waals surface area contributed by atoms with Crippen LogP contribution in [0, 0.1) is 0 Å². The van der Waals surface area contributed by atoms with E-state index in [0.29, 0.717) is 23.1 Å². The van der Waals surface area contributed by atoms with Crippen molar-refractivity contribution in [3.8, 4) is 17.4 Å². The highest BCUT2D eigenvalue weighted by molar-refractivity contribution is 6.01. The first-order chi connectivity index (χ1) is 15.7. The average Bonchev–Trinajstić information content (AvgIpc) is 3.36. The van der Waals surface area contributed by atoms with Gasteiger partial charge >= 0.3 is 6.03 Å². The van der Waals surface area contributed by atoms with Gasteiger partial charge in [-0.15, -0.1) is 0 Å². The Kier molecular flexibility index (Phi) is 5.15. The Morgan fingerprint density at radius 3 is 2.41 bits per heavy atom. The van der Waals surface area contributed by atoms with Crippen molar-refractivity contribution in [3.63, 3.8) is 0 Å². The first-order valence-electron chi connectivity index (χ1n) is 9.90. The maximum absolute atomic E-state index is 12.4. The molecule has 0 unspecified atom stereocenters. The molecular weight excluding hydrogens is 404 g/mol. The molecule has 156 valence electrons. The van der Waals surface area contributed by atoms with Gasteiger partial charge in [0, 0.05) is 29.8 Å². The third-order valence-electron chi connectivity index (χ3n) is 4.71. The van der Waals surface area contributed by atoms with Crippen LogP contribution in [0.4, 0.5) is 16.2 Å². The lowest BCUT2D eigenvalue weighted by molar-refractivity contribution is 0.262. The summed E-state index contributed by atoms with van der Waals surface area (Å²) in [6.45, 7) is 0. The number of hydrogen-bond acceptors (Lipinski definition) is 5. The highest BCUT2D eigenvalue weighted by Crippen LogP contribution is 2.23. The number of fused-ring (bicyclic) bond motifs is 1. The van der Waals surface area contributed by atoms with E-state index in [0.717, 1.165) is 16.5 Å². The molecule has 0 aliphatic rings. The van der Waals surface area contributed by atoms with E-state index in [1.54, 1.807) is 47.4 Å². The molecule has 0 saturated heterocycles. The number of urea groups is 1. The molecule has 0 bridgehead atoms. The Morgan fingerprint density at radius 2 is 1.59 bits per heavy atom. The van der Waals surface area contributed by atoms with E-state index in [-0.39, 0.29) is 6.03 Å². The minimum absolute atomic E-state index is 0.325. The highest BCUT2D eigenvalue weighted by Gasteiger charge is 2.06. The van der Waals surface area contributed by atoms with E-state index >= 15 is 0 Å². The summed E-state index contributed by atoms with van der Waals surface area (Å²) in [5.74, 6) is 1.57. The molecule has 8 nitrogen and oxygen atoms in total. The molecule has 8 heteroatoms. The topological polar surface area (TPSA) is 94.0 Å². The number of hydrogen-bond donors (Lipinski definition) is 2. The number of carbonyl (C=O) groups excluding carboxylic acids is 1.